The lowest BCUT2D eigenvalue weighted by Gasteiger charge is -2.16. The third kappa shape index (κ3) is 5.53. The summed E-state index contributed by atoms with van der Waals surface area (Å²) < 4.78 is 35.5. The van der Waals surface area contributed by atoms with Crippen LogP contribution in [0.25, 0.3) is 11.5 Å². The summed E-state index contributed by atoms with van der Waals surface area (Å²) >= 11 is 0. The standard InChI is InChI=1S/C25H28FNO5/c1-6-30-23(25(28)29-5)13-18-7-9-20(12-15(18)2)31-14-22-17(4)32-24(27-22)19-8-10-21(26)16(3)11-19/h7-12,23H,6,13-14H2,1-5H3. The molecule has 0 N–H and O–H groups in total. The fraction of sp³-hybridized carbons (Fsp3) is 0.360. The van der Waals surface area contributed by atoms with E-state index in [4.69, 9.17) is 18.6 Å². The molecule has 0 bridgehead atoms. The van der Waals surface area contributed by atoms with Gasteiger partial charge in [-0.05, 0) is 74.7 Å². The Bertz CT molecular complexity index is 1090. The molecule has 0 aliphatic rings. The Morgan fingerprint density at radius 1 is 1.12 bits per heavy atom. The molecule has 0 spiro atoms. The molecule has 1 heterocycles. The average molecular weight is 441 g/mol. The number of hydrogen-bond donors (Lipinski definition) is 0. The second-order valence-electron chi connectivity index (χ2n) is 7.53. The molecular formula is C25H28FNO5. The van der Waals surface area contributed by atoms with Crippen LogP contribution in [0, 0.1) is 26.6 Å². The molecule has 0 fully saturated rings. The third-order valence-corrected chi connectivity index (χ3v) is 5.22. The van der Waals surface area contributed by atoms with Crippen LogP contribution in [-0.4, -0.2) is 30.8 Å². The number of oxazole rings is 1. The number of aryl methyl sites for hydroxylation is 3. The van der Waals surface area contributed by atoms with Crippen molar-refractivity contribution in [2.75, 3.05) is 13.7 Å². The highest BCUT2D eigenvalue weighted by molar-refractivity contribution is 5.75. The SMILES string of the molecule is CCOC(Cc1ccc(OCc2nc(-c3ccc(F)c(C)c3)oc2C)cc1C)C(=O)OC. The lowest BCUT2D eigenvalue weighted by Crippen LogP contribution is -2.28. The predicted molar refractivity (Wildman–Crippen MR) is 118 cm³/mol. The Labute approximate surface area is 187 Å². The Kier molecular flexibility index (Phi) is 7.64. The number of benzene rings is 2. The summed E-state index contributed by atoms with van der Waals surface area (Å²) in [5.41, 5.74) is 3.88. The molecule has 0 aliphatic heterocycles. The zero-order chi connectivity index (χ0) is 23.3. The number of carbonyl (C=O) groups excluding carboxylic acids is 1. The monoisotopic (exact) mass is 441 g/mol. The fourth-order valence-corrected chi connectivity index (χ4v) is 3.34. The second-order valence-corrected chi connectivity index (χ2v) is 7.53. The van der Waals surface area contributed by atoms with Gasteiger partial charge in [0.1, 0.15) is 29.6 Å². The molecule has 2 aromatic carbocycles. The van der Waals surface area contributed by atoms with Crippen molar-refractivity contribution in [1.29, 1.82) is 0 Å². The maximum atomic E-state index is 13.5. The molecule has 0 saturated heterocycles. The van der Waals surface area contributed by atoms with Gasteiger partial charge in [0.15, 0.2) is 6.10 Å². The highest BCUT2D eigenvalue weighted by Gasteiger charge is 2.21. The molecule has 1 atom stereocenters. The van der Waals surface area contributed by atoms with Crippen LogP contribution in [0.2, 0.25) is 0 Å². The minimum Gasteiger partial charge on any atom is -0.487 e. The van der Waals surface area contributed by atoms with E-state index in [1.807, 2.05) is 39.0 Å². The van der Waals surface area contributed by atoms with Crippen molar-refractivity contribution in [1.82, 2.24) is 4.98 Å². The van der Waals surface area contributed by atoms with Gasteiger partial charge in [0, 0.05) is 18.6 Å². The Balaban J connectivity index is 1.68. The number of methoxy groups -OCH3 is 1. The van der Waals surface area contributed by atoms with E-state index in [-0.39, 0.29) is 18.4 Å². The van der Waals surface area contributed by atoms with E-state index < -0.39 is 6.10 Å². The molecule has 0 radical (unpaired) electrons. The zero-order valence-electron chi connectivity index (χ0n) is 19.0. The van der Waals surface area contributed by atoms with E-state index in [0.29, 0.717) is 47.2 Å². The van der Waals surface area contributed by atoms with Crippen LogP contribution in [0.3, 0.4) is 0 Å². The molecule has 3 aromatic rings. The van der Waals surface area contributed by atoms with E-state index in [2.05, 4.69) is 4.98 Å². The van der Waals surface area contributed by atoms with Crippen LogP contribution in [0.1, 0.15) is 35.1 Å². The van der Waals surface area contributed by atoms with E-state index in [1.165, 1.54) is 13.2 Å². The van der Waals surface area contributed by atoms with Gasteiger partial charge in [-0.15, -0.1) is 0 Å². The van der Waals surface area contributed by atoms with E-state index in [1.54, 1.807) is 19.1 Å². The lowest BCUT2D eigenvalue weighted by molar-refractivity contribution is -0.153. The molecular weight excluding hydrogens is 413 g/mol. The number of ether oxygens (including phenoxy) is 3. The zero-order valence-corrected chi connectivity index (χ0v) is 19.0. The van der Waals surface area contributed by atoms with Crippen LogP contribution >= 0.6 is 0 Å². The summed E-state index contributed by atoms with van der Waals surface area (Å²) in [6.45, 7) is 7.98. The maximum Gasteiger partial charge on any atom is 0.335 e. The van der Waals surface area contributed by atoms with Crippen LogP contribution in [0.5, 0.6) is 5.75 Å². The first-order valence-electron chi connectivity index (χ1n) is 10.5. The van der Waals surface area contributed by atoms with E-state index in [0.717, 1.165) is 11.1 Å². The van der Waals surface area contributed by atoms with Crippen LogP contribution in [0.4, 0.5) is 4.39 Å². The van der Waals surface area contributed by atoms with Gasteiger partial charge in [-0.25, -0.2) is 14.2 Å². The van der Waals surface area contributed by atoms with Crippen molar-refractivity contribution in [2.24, 2.45) is 0 Å². The quantitative estimate of drug-likeness (QED) is 0.430. The van der Waals surface area contributed by atoms with Gasteiger partial charge in [0.2, 0.25) is 5.89 Å². The predicted octanol–water partition coefficient (Wildman–Crippen LogP) is 5.11. The maximum absolute atomic E-state index is 13.5. The Morgan fingerprint density at radius 3 is 2.56 bits per heavy atom. The molecule has 32 heavy (non-hydrogen) atoms. The van der Waals surface area contributed by atoms with E-state index in [9.17, 15) is 9.18 Å². The molecule has 7 heteroatoms. The van der Waals surface area contributed by atoms with Gasteiger partial charge in [-0.2, -0.15) is 0 Å². The number of rotatable bonds is 9. The fourth-order valence-electron chi connectivity index (χ4n) is 3.34. The molecule has 1 unspecified atom stereocenters. The average Bonchev–Trinajstić information content (AvgIpc) is 3.15. The highest BCUT2D eigenvalue weighted by Crippen LogP contribution is 2.25. The van der Waals surface area contributed by atoms with Crippen LogP contribution < -0.4 is 4.74 Å². The summed E-state index contributed by atoms with van der Waals surface area (Å²) in [5.74, 6) is 1.10. The normalized spacial score (nSPS) is 11.9. The lowest BCUT2D eigenvalue weighted by atomic mass is 10.0. The van der Waals surface area contributed by atoms with Crippen molar-refractivity contribution in [3.05, 3.63) is 70.4 Å². The minimum absolute atomic E-state index is 0.234. The summed E-state index contributed by atoms with van der Waals surface area (Å²) in [6, 6.07) is 10.4. The van der Waals surface area contributed by atoms with Crippen molar-refractivity contribution in [3.8, 4) is 17.2 Å². The van der Waals surface area contributed by atoms with Crippen molar-refractivity contribution in [2.45, 2.75) is 46.8 Å². The largest absolute Gasteiger partial charge is 0.487 e. The van der Waals surface area contributed by atoms with Gasteiger partial charge in [0.05, 0.1) is 7.11 Å². The van der Waals surface area contributed by atoms with Gasteiger partial charge in [-0.1, -0.05) is 6.07 Å². The van der Waals surface area contributed by atoms with Gasteiger partial charge < -0.3 is 18.6 Å². The summed E-state index contributed by atoms with van der Waals surface area (Å²) in [6.07, 6.45) is -0.211. The smallest absolute Gasteiger partial charge is 0.335 e. The number of esters is 1. The second kappa shape index (κ2) is 10.4. The number of aromatic nitrogens is 1. The van der Waals surface area contributed by atoms with Crippen molar-refractivity contribution in [3.63, 3.8) is 0 Å². The molecule has 1 aromatic heterocycles. The molecule has 6 nitrogen and oxygen atoms in total. The number of nitrogens with zero attached hydrogens (tertiary/aromatic N) is 1. The minimum atomic E-state index is -0.637. The Morgan fingerprint density at radius 2 is 1.91 bits per heavy atom. The number of hydrogen-bond acceptors (Lipinski definition) is 6. The summed E-state index contributed by atoms with van der Waals surface area (Å²) in [4.78, 5) is 16.4. The summed E-state index contributed by atoms with van der Waals surface area (Å²) in [7, 11) is 1.35. The molecule has 0 aliphatic carbocycles. The highest BCUT2D eigenvalue weighted by atomic mass is 19.1. The molecule has 0 amide bonds. The molecule has 170 valence electrons. The third-order valence-electron chi connectivity index (χ3n) is 5.22. The van der Waals surface area contributed by atoms with Gasteiger partial charge in [-0.3, -0.25) is 0 Å². The Hall–Kier alpha value is -3.19. The van der Waals surface area contributed by atoms with Crippen LogP contribution in [-0.2, 0) is 27.3 Å². The molecule has 0 saturated carbocycles. The first-order valence-corrected chi connectivity index (χ1v) is 10.5. The van der Waals surface area contributed by atoms with Gasteiger partial charge in [0.25, 0.3) is 0 Å². The molecule has 3 rings (SSSR count). The topological polar surface area (TPSA) is 70.8 Å². The first kappa shape index (κ1) is 23.5. The first-order chi connectivity index (χ1) is 15.3. The number of carbonyl (C=O) groups is 1. The van der Waals surface area contributed by atoms with Crippen molar-refractivity contribution < 1.29 is 27.8 Å². The number of halogens is 1. The van der Waals surface area contributed by atoms with Gasteiger partial charge >= 0.3 is 5.97 Å². The van der Waals surface area contributed by atoms with Crippen LogP contribution in [0.15, 0.2) is 40.8 Å². The van der Waals surface area contributed by atoms with Crippen molar-refractivity contribution >= 4 is 5.97 Å². The summed E-state index contributed by atoms with van der Waals surface area (Å²) in [5, 5.41) is 0. The van der Waals surface area contributed by atoms with E-state index >= 15 is 0 Å².